The van der Waals surface area contributed by atoms with Crippen LogP contribution in [0.5, 0.6) is 0 Å². The third-order valence-corrected chi connectivity index (χ3v) is 5.63. The number of nitrogens with zero attached hydrogens (tertiary/aromatic N) is 7. The highest BCUT2D eigenvalue weighted by Gasteiger charge is 2.23. The summed E-state index contributed by atoms with van der Waals surface area (Å²) in [5, 5.41) is 3.98. The predicted molar refractivity (Wildman–Crippen MR) is 127 cm³/mol. The lowest BCUT2D eigenvalue weighted by atomic mass is 10.3. The molecule has 0 radical (unpaired) electrons. The first-order valence-corrected chi connectivity index (χ1v) is 10.8. The van der Waals surface area contributed by atoms with Gasteiger partial charge < -0.3 is 20.0 Å². The molecule has 0 spiro atoms. The second-order valence-electron chi connectivity index (χ2n) is 7.74. The minimum atomic E-state index is 0.267. The van der Waals surface area contributed by atoms with Gasteiger partial charge in [0.1, 0.15) is 5.82 Å². The SMILES string of the molecule is CC(C)N(C)c1nc(Nc2ccccc2)nc(N2CCN(c3ncccc3Cl)CC2)n1. The lowest BCUT2D eigenvalue weighted by molar-refractivity contribution is 0.631. The molecule has 3 aromatic rings. The van der Waals surface area contributed by atoms with Gasteiger partial charge in [0, 0.05) is 51.2 Å². The first kappa shape index (κ1) is 21.1. The molecular weight excluding hydrogens is 412 g/mol. The Morgan fingerprint density at radius 2 is 1.65 bits per heavy atom. The lowest BCUT2D eigenvalue weighted by Gasteiger charge is -2.36. The minimum absolute atomic E-state index is 0.267. The average Bonchev–Trinajstić information content (AvgIpc) is 2.79. The maximum atomic E-state index is 6.33. The molecule has 4 rings (SSSR count). The summed E-state index contributed by atoms with van der Waals surface area (Å²) in [5.74, 6) is 2.68. The van der Waals surface area contributed by atoms with Crippen LogP contribution in [0.1, 0.15) is 13.8 Å². The Kier molecular flexibility index (Phi) is 6.36. The molecule has 9 heteroatoms. The molecule has 0 bridgehead atoms. The molecule has 2 aromatic heterocycles. The molecule has 162 valence electrons. The van der Waals surface area contributed by atoms with Gasteiger partial charge in [-0.2, -0.15) is 15.0 Å². The fourth-order valence-corrected chi connectivity index (χ4v) is 3.56. The molecule has 1 aromatic carbocycles. The maximum Gasteiger partial charge on any atom is 0.233 e. The lowest BCUT2D eigenvalue weighted by Crippen LogP contribution is -2.47. The normalized spacial score (nSPS) is 14.1. The van der Waals surface area contributed by atoms with Gasteiger partial charge >= 0.3 is 0 Å². The molecule has 3 heterocycles. The summed E-state index contributed by atoms with van der Waals surface area (Å²) >= 11 is 6.33. The summed E-state index contributed by atoms with van der Waals surface area (Å²) in [4.78, 5) is 25.0. The van der Waals surface area contributed by atoms with Gasteiger partial charge in [0.05, 0.1) is 5.02 Å². The van der Waals surface area contributed by atoms with E-state index in [4.69, 9.17) is 21.6 Å². The van der Waals surface area contributed by atoms with Gasteiger partial charge in [0.15, 0.2) is 0 Å². The Labute approximate surface area is 187 Å². The van der Waals surface area contributed by atoms with Crippen molar-refractivity contribution in [3.63, 3.8) is 0 Å². The van der Waals surface area contributed by atoms with Gasteiger partial charge in [0.25, 0.3) is 0 Å². The zero-order valence-electron chi connectivity index (χ0n) is 18.0. The smallest absolute Gasteiger partial charge is 0.233 e. The van der Waals surface area contributed by atoms with Crippen molar-refractivity contribution in [1.29, 1.82) is 0 Å². The van der Waals surface area contributed by atoms with Crippen molar-refractivity contribution >= 4 is 41.0 Å². The van der Waals surface area contributed by atoms with Crippen LogP contribution in [0, 0.1) is 0 Å². The number of nitrogens with one attached hydrogen (secondary N) is 1. The summed E-state index contributed by atoms with van der Waals surface area (Å²) < 4.78 is 0. The number of rotatable bonds is 6. The van der Waals surface area contributed by atoms with E-state index in [1.165, 1.54) is 0 Å². The quantitative estimate of drug-likeness (QED) is 0.622. The van der Waals surface area contributed by atoms with Gasteiger partial charge in [-0.05, 0) is 38.1 Å². The van der Waals surface area contributed by atoms with Crippen molar-refractivity contribution in [1.82, 2.24) is 19.9 Å². The standard InChI is InChI=1S/C22H27ClN8/c1-16(2)29(3)21-26-20(25-17-8-5-4-6-9-17)27-22(28-21)31-14-12-30(13-15-31)19-18(23)10-7-11-24-19/h4-11,16H,12-15H2,1-3H3,(H,25,26,27,28). The molecule has 0 amide bonds. The number of pyridine rings is 1. The Hall–Kier alpha value is -3.13. The number of anilines is 5. The van der Waals surface area contributed by atoms with E-state index >= 15 is 0 Å². The van der Waals surface area contributed by atoms with Crippen molar-refractivity contribution < 1.29 is 0 Å². The number of para-hydroxylation sites is 1. The molecule has 0 saturated carbocycles. The van der Waals surface area contributed by atoms with Crippen LogP contribution in [0.3, 0.4) is 0 Å². The predicted octanol–water partition coefficient (Wildman–Crippen LogP) is 3.83. The summed E-state index contributed by atoms with van der Waals surface area (Å²) in [6, 6.07) is 13.9. The molecule has 0 aliphatic carbocycles. The summed E-state index contributed by atoms with van der Waals surface area (Å²) in [6.07, 6.45) is 1.77. The van der Waals surface area contributed by atoms with Gasteiger partial charge in [-0.1, -0.05) is 29.8 Å². The number of hydrogen-bond acceptors (Lipinski definition) is 8. The molecule has 1 N–H and O–H groups in total. The number of aromatic nitrogens is 4. The highest BCUT2D eigenvalue weighted by atomic mass is 35.5. The van der Waals surface area contributed by atoms with E-state index in [0.29, 0.717) is 22.9 Å². The summed E-state index contributed by atoms with van der Waals surface area (Å²) in [5.41, 5.74) is 0.937. The van der Waals surface area contributed by atoms with Gasteiger partial charge in [-0.15, -0.1) is 0 Å². The fourth-order valence-electron chi connectivity index (χ4n) is 3.32. The average molecular weight is 439 g/mol. The molecule has 0 atom stereocenters. The van der Waals surface area contributed by atoms with E-state index in [1.54, 1.807) is 6.20 Å². The monoisotopic (exact) mass is 438 g/mol. The van der Waals surface area contributed by atoms with Crippen LogP contribution in [-0.2, 0) is 0 Å². The highest BCUT2D eigenvalue weighted by Crippen LogP contribution is 2.25. The highest BCUT2D eigenvalue weighted by molar-refractivity contribution is 6.32. The van der Waals surface area contributed by atoms with Crippen LogP contribution in [-0.4, -0.2) is 59.2 Å². The van der Waals surface area contributed by atoms with Crippen LogP contribution in [0.25, 0.3) is 0 Å². The first-order chi connectivity index (χ1) is 15.0. The molecule has 1 aliphatic rings. The zero-order valence-corrected chi connectivity index (χ0v) is 18.8. The first-order valence-electron chi connectivity index (χ1n) is 10.4. The van der Waals surface area contributed by atoms with E-state index in [2.05, 4.69) is 38.9 Å². The van der Waals surface area contributed by atoms with Crippen molar-refractivity contribution in [2.24, 2.45) is 0 Å². The van der Waals surface area contributed by atoms with Crippen molar-refractivity contribution in [3.8, 4) is 0 Å². The Bertz CT molecular complexity index is 1010. The Morgan fingerprint density at radius 3 is 2.32 bits per heavy atom. The topological polar surface area (TPSA) is 73.3 Å². The Balaban J connectivity index is 1.56. The molecular formula is C22H27ClN8. The molecule has 1 fully saturated rings. The van der Waals surface area contributed by atoms with E-state index in [1.807, 2.05) is 54.4 Å². The zero-order chi connectivity index (χ0) is 21.8. The van der Waals surface area contributed by atoms with E-state index in [9.17, 15) is 0 Å². The van der Waals surface area contributed by atoms with Crippen LogP contribution >= 0.6 is 11.6 Å². The van der Waals surface area contributed by atoms with E-state index < -0.39 is 0 Å². The molecule has 0 unspecified atom stereocenters. The summed E-state index contributed by atoms with van der Waals surface area (Å²) in [7, 11) is 2.00. The van der Waals surface area contributed by atoms with Crippen LogP contribution in [0.4, 0.5) is 29.4 Å². The minimum Gasteiger partial charge on any atom is -0.352 e. The van der Waals surface area contributed by atoms with E-state index in [0.717, 1.165) is 37.7 Å². The number of piperazine rings is 1. The van der Waals surface area contributed by atoms with Gasteiger partial charge in [0.2, 0.25) is 17.8 Å². The molecule has 31 heavy (non-hydrogen) atoms. The molecule has 1 saturated heterocycles. The molecule has 1 aliphatic heterocycles. The maximum absolute atomic E-state index is 6.33. The molecule has 8 nitrogen and oxygen atoms in total. The second kappa shape index (κ2) is 9.34. The Morgan fingerprint density at radius 1 is 0.935 bits per heavy atom. The third-order valence-electron chi connectivity index (χ3n) is 5.33. The number of halogens is 1. The largest absolute Gasteiger partial charge is 0.352 e. The van der Waals surface area contributed by atoms with Gasteiger partial charge in [-0.25, -0.2) is 4.98 Å². The van der Waals surface area contributed by atoms with Crippen LogP contribution < -0.4 is 20.0 Å². The van der Waals surface area contributed by atoms with Gasteiger partial charge in [-0.3, -0.25) is 0 Å². The van der Waals surface area contributed by atoms with E-state index in [-0.39, 0.29) is 6.04 Å². The van der Waals surface area contributed by atoms with Crippen molar-refractivity contribution in [3.05, 3.63) is 53.7 Å². The third kappa shape index (κ3) is 4.96. The fraction of sp³-hybridized carbons (Fsp3) is 0.364. The summed E-state index contributed by atoms with van der Waals surface area (Å²) in [6.45, 7) is 7.35. The van der Waals surface area contributed by atoms with Crippen molar-refractivity contribution in [2.75, 3.05) is 53.2 Å². The second-order valence-corrected chi connectivity index (χ2v) is 8.14. The number of benzene rings is 1. The number of hydrogen-bond donors (Lipinski definition) is 1. The van der Waals surface area contributed by atoms with Crippen LogP contribution in [0.2, 0.25) is 5.02 Å². The van der Waals surface area contributed by atoms with Crippen LogP contribution in [0.15, 0.2) is 48.7 Å². The van der Waals surface area contributed by atoms with Crippen molar-refractivity contribution in [2.45, 2.75) is 19.9 Å².